The number of carbonyl (C=O) groups excluding carboxylic acids is 1. The summed E-state index contributed by atoms with van der Waals surface area (Å²) in [6.07, 6.45) is 2.47. The van der Waals surface area contributed by atoms with E-state index in [4.69, 9.17) is 16.3 Å². The number of ether oxygens (including phenoxy) is 1. The third-order valence-electron chi connectivity index (χ3n) is 4.68. The number of fused-ring (bicyclic) bond motifs is 1. The van der Waals surface area contributed by atoms with E-state index in [-0.39, 0.29) is 11.4 Å². The average molecular weight is 438 g/mol. The molecule has 4 aromatic rings. The lowest BCUT2D eigenvalue weighted by Crippen LogP contribution is -2.33. The zero-order chi connectivity index (χ0) is 22.0. The Morgan fingerprint density at radius 3 is 2.68 bits per heavy atom. The van der Waals surface area contributed by atoms with Gasteiger partial charge in [0.15, 0.2) is 5.65 Å². The Morgan fingerprint density at radius 2 is 1.97 bits per heavy atom. The number of imidazole rings is 1. The van der Waals surface area contributed by atoms with Crippen LogP contribution in [-0.2, 0) is 0 Å². The molecule has 156 valence electrons. The van der Waals surface area contributed by atoms with Crippen molar-refractivity contribution in [3.8, 4) is 5.75 Å². The van der Waals surface area contributed by atoms with Crippen molar-refractivity contribution in [3.63, 3.8) is 0 Å². The van der Waals surface area contributed by atoms with Gasteiger partial charge in [-0.1, -0.05) is 23.7 Å². The number of aromatic nitrogens is 3. The van der Waals surface area contributed by atoms with Gasteiger partial charge < -0.3 is 10.1 Å². The van der Waals surface area contributed by atoms with Gasteiger partial charge in [-0.2, -0.15) is 5.10 Å². The topological polar surface area (TPSA) is 112 Å². The molecule has 9 nitrogen and oxygen atoms in total. The van der Waals surface area contributed by atoms with Crippen LogP contribution in [0, 0.1) is 17.0 Å². The second kappa shape index (κ2) is 8.41. The van der Waals surface area contributed by atoms with Crippen LogP contribution in [-0.4, -0.2) is 25.6 Å². The minimum Gasteiger partial charge on any atom is -0.410 e. The zero-order valence-corrected chi connectivity index (χ0v) is 17.0. The molecule has 2 heterocycles. The molecule has 0 spiro atoms. The lowest BCUT2D eigenvalue weighted by atomic mass is 9.99. The van der Waals surface area contributed by atoms with Gasteiger partial charge in [-0.3, -0.25) is 10.1 Å². The van der Waals surface area contributed by atoms with Crippen molar-refractivity contribution in [1.29, 1.82) is 0 Å². The summed E-state index contributed by atoms with van der Waals surface area (Å²) in [5.74, 6) is 0.161. The van der Waals surface area contributed by atoms with E-state index in [9.17, 15) is 14.9 Å². The fourth-order valence-corrected chi connectivity index (χ4v) is 3.57. The molecule has 0 saturated heterocycles. The van der Waals surface area contributed by atoms with Gasteiger partial charge in [0.1, 0.15) is 11.8 Å². The van der Waals surface area contributed by atoms with Gasteiger partial charge in [0.2, 0.25) is 0 Å². The predicted octanol–water partition coefficient (Wildman–Crippen LogP) is 4.48. The van der Waals surface area contributed by atoms with Crippen molar-refractivity contribution >= 4 is 29.0 Å². The van der Waals surface area contributed by atoms with E-state index in [0.717, 1.165) is 5.56 Å². The lowest BCUT2D eigenvalue weighted by Gasteiger charge is -2.21. The molecule has 4 rings (SSSR count). The molecule has 0 fully saturated rings. The van der Waals surface area contributed by atoms with Gasteiger partial charge in [-0.05, 0) is 42.8 Å². The quantitative estimate of drug-likeness (QED) is 0.364. The number of nitrogens with zero attached hydrogens (tertiary/aromatic N) is 4. The third kappa shape index (κ3) is 4.17. The summed E-state index contributed by atoms with van der Waals surface area (Å²) in [6.45, 7) is 1.88. The largest absolute Gasteiger partial charge is 0.413 e. The summed E-state index contributed by atoms with van der Waals surface area (Å²) in [5.41, 5.74) is 2.63. The summed E-state index contributed by atoms with van der Waals surface area (Å²) in [4.78, 5) is 27.3. The molecule has 10 heteroatoms. The Morgan fingerprint density at radius 1 is 1.19 bits per heavy atom. The van der Waals surface area contributed by atoms with Gasteiger partial charge in [0.25, 0.3) is 5.69 Å². The molecule has 1 unspecified atom stereocenters. The Kier molecular flexibility index (Phi) is 5.50. The van der Waals surface area contributed by atoms with Gasteiger partial charge in [0, 0.05) is 28.9 Å². The highest BCUT2D eigenvalue weighted by molar-refractivity contribution is 6.31. The van der Waals surface area contributed by atoms with E-state index < -0.39 is 17.1 Å². The normalized spacial score (nSPS) is 11.8. The molecule has 0 saturated carbocycles. The average Bonchev–Trinajstić information content (AvgIpc) is 3.17. The number of benzene rings is 2. The molecule has 31 heavy (non-hydrogen) atoms. The Bertz CT molecular complexity index is 1250. The number of halogens is 1. The highest BCUT2D eigenvalue weighted by atomic mass is 35.5. The van der Waals surface area contributed by atoms with Crippen molar-refractivity contribution < 1.29 is 14.5 Å². The predicted molar refractivity (Wildman–Crippen MR) is 113 cm³/mol. The minimum absolute atomic E-state index is 0.103. The number of nitro groups is 1. The number of aryl methyl sites for hydroxylation is 1. The molecular formula is C21H16ClN5O4. The molecule has 0 radical (unpaired) electrons. The number of non-ortho nitro benzene ring substituents is 1. The first kappa shape index (κ1) is 20.3. The van der Waals surface area contributed by atoms with Gasteiger partial charge in [-0.15, -0.1) is 0 Å². The molecular weight excluding hydrogens is 422 g/mol. The highest BCUT2D eigenvalue weighted by Gasteiger charge is 2.26. The number of carbonyl (C=O) groups is 1. The molecule has 1 atom stereocenters. The van der Waals surface area contributed by atoms with Crippen molar-refractivity contribution in [3.05, 3.63) is 98.9 Å². The molecule has 1 amide bonds. The Balaban J connectivity index is 1.68. The van der Waals surface area contributed by atoms with E-state index in [2.05, 4.69) is 15.4 Å². The summed E-state index contributed by atoms with van der Waals surface area (Å²) >= 11 is 6.48. The second-order valence-electron chi connectivity index (χ2n) is 6.67. The Labute approximate surface area is 181 Å². The summed E-state index contributed by atoms with van der Waals surface area (Å²) in [6, 6.07) is 13.5. The van der Waals surface area contributed by atoms with Crippen LogP contribution in [0.3, 0.4) is 0 Å². The maximum absolute atomic E-state index is 12.7. The minimum atomic E-state index is -0.760. The molecule has 2 aromatic carbocycles. The van der Waals surface area contributed by atoms with Crippen LogP contribution in [0.2, 0.25) is 5.02 Å². The first-order valence-corrected chi connectivity index (χ1v) is 9.58. The fourth-order valence-electron chi connectivity index (χ4n) is 3.24. The third-order valence-corrected chi connectivity index (χ3v) is 5.01. The van der Waals surface area contributed by atoms with Gasteiger partial charge in [-0.25, -0.2) is 14.3 Å². The second-order valence-corrected chi connectivity index (χ2v) is 7.07. The van der Waals surface area contributed by atoms with Crippen LogP contribution in [0.1, 0.15) is 22.9 Å². The molecule has 0 aliphatic rings. The van der Waals surface area contributed by atoms with E-state index >= 15 is 0 Å². The smallest absolute Gasteiger partial charge is 0.410 e. The van der Waals surface area contributed by atoms with E-state index in [1.54, 1.807) is 35.1 Å². The van der Waals surface area contributed by atoms with Crippen molar-refractivity contribution in [2.24, 2.45) is 0 Å². The molecule has 2 aromatic heterocycles. The maximum Gasteiger partial charge on any atom is 0.413 e. The summed E-state index contributed by atoms with van der Waals surface area (Å²) < 4.78 is 6.94. The van der Waals surface area contributed by atoms with Crippen LogP contribution in [0.5, 0.6) is 5.75 Å². The first-order valence-electron chi connectivity index (χ1n) is 9.20. The number of nitrogens with one attached hydrogen (secondary N) is 1. The van der Waals surface area contributed by atoms with Crippen molar-refractivity contribution in [1.82, 2.24) is 19.9 Å². The van der Waals surface area contributed by atoms with Crippen LogP contribution in [0.15, 0.2) is 67.0 Å². The van der Waals surface area contributed by atoms with Gasteiger partial charge >= 0.3 is 6.09 Å². The monoisotopic (exact) mass is 437 g/mol. The standard InChI is InChI=1S/C21H16ClN5O4/c1-13-4-2-5-16(22)19(13)20(17-12-23-18-6-3-11-24-26(17)18)25-21(28)31-15-9-7-14(8-10-15)27(29)30/h2-12,20H,1H3,(H,25,28). The van der Waals surface area contributed by atoms with Crippen LogP contribution in [0.4, 0.5) is 10.5 Å². The van der Waals surface area contributed by atoms with E-state index in [0.29, 0.717) is 21.9 Å². The molecule has 0 aliphatic carbocycles. The van der Waals surface area contributed by atoms with E-state index in [1.807, 2.05) is 19.1 Å². The Hall–Kier alpha value is -3.98. The molecule has 1 N–H and O–H groups in total. The lowest BCUT2D eigenvalue weighted by molar-refractivity contribution is -0.384. The number of rotatable bonds is 5. The fraction of sp³-hybridized carbons (Fsp3) is 0.0952. The van der Waals surface area contributed by atoms with Crippen LogP contribution in [0.25, 0.3) is 5.65 Å². The van der Waals surface area contributed by atoms with Crippen LogP contribution >= 0.6 is 11.6 Å². The number of nitro benzene ring substituents is 1. The highest BCUT2D eigenvalue weighted by Crippen LogP contribution is 2.31. The van der Waals surface area contributed by atoms with Crippen LogP contribution < -0.4 is 10.1 Å². The van der Waals surface area contributed by atoms with Gasteiger partial charge in [0.05, 0.1) is 16.8 Å². The zero-order valence-electron chi connectivity index (χ0n) is 16.2. The van der Waals surface area contributed by atoms with Crippen molar-refractivity contribution in [2.75, 3.05) is 0 Å². The molecule has 0 bridgehead atoms. The number of amides is 1. The SMILES string of the molecule is Cc1cccc(Cl)c1C(NC(=O)Oc1ccc([N+](=O)[O-])cc1)c1cnc2cccnn12. The summed E-state index contributed by atoms with van der Waals surface area (Å²) in [5, 5.41) is 18.4. The maximum atomic E-state index is 12.7. The number of hydrogen-bond acceptors (Lipinski definition) is 6. The first-order chi connectivity index (χ1) is 14.9. The number of hydrogen-bond donors (Lipinski definition) is 1. The summed E-state index contributed by atoms with van der Waals surface area (Å²) in [7, 11) is 0. The molecule has 0 aliphatic heterocycles. The van der Waals surface area contributed by atoms with E-state index in [1.165, 1.54) is 24.3 Å². The van der Waals surface area contributed by atoms with Crippen molar-refractivity contribution in [2.45, 2.75) is 13.0 Å².